The normalized spacial score (nSPS) is 10.4. The quantitative estimate of drug-likeness (QED) is 0.437. The minimum atomic E-state index is -3.74. The van der Waals surface area contributed by atoms with Crippen molar-refractivity contribution >= 4 is 33.8 Å². The zero-order valence-electron chi connectivity index (χ0n) is 11.0. The lowest BCUT2D eigenvalue weighted by Crippen LogP contribution is -2.12. The van der Waals surface area contributed by atoms with Gasteiger partial charge in [0.2, 0.25) is 27.9 Å². The minimum Gasteiger partial charge on any atom is -0.478 e. The van der Waals surface area contributed by atoms with Gasteiger partial charge in [-0.15, -0.1) is 0 Å². The number of sulfonamides is 1. The average molecular weight is 327 g/mol. The highest BCUT2D eigenvalue weighted by Gasteiger charge is 2.08. The van der Waals surface area contributed by atoms with E-state index in [0.717, 1.165) is 12.1 Å². The highest BCUT2D eigenvalue weighted by Crippen LogP contribution is 2.08. The van der Waals surface area contributed by atoms with E-state index in [0.29, 0.717) is 0 Å². The Morgan fingerprint density at radius 3 is 1.55 bits per heavy atom. The van der Waals surface area contributed by atoms with Crippen molar-refractivity contribution in [3.63, 3.8) is 0 Å². The second-order valence-electron chi connectivity index (χ2n) is 3.78. The number of carboxylic acid groups (broad SMARTS) is 1. The number of carboxylic acids is 1. The van der Waals surface area contributed by atoms with Gasteiger partial charge in [0.1, 0.15) is 0 Å². The van der Waals surface area contributed by atoms with Gasteiger partial charge in [0.15, 0.2) is 0 Å². The Morgan fingerprint density at radius 1 is 0.909 bits per heavy atom. The lowest BCUT2D eigenvalue weighted by molar-refractivity contribution is 0.0696. The van der Waals surface area contributed by atoms with Crippen molar-refractivity contribution in [3.8, 4) is 0 Å². The van der Waals surface area contributed by atoms with Gasteiger partial charge in [-0.2, -0.15) is 15.0 Å². The number of hydrogen-bond acceptors (Lipinski definition) is 9. The number of nitrogen functional groups attached to an aromatic ring is 3. The van der Waals surface area contributed by atoms with Crippen LogP contribution in [-0.2, 0) is 10.0 Å². The monoisotopic (exact) mass is 327 g/mol. The van der Waals surface area contributed by atoms with Gasteiger partial charge in [0.05, 0.1) is 10.5 Å². The molecule has 0 aliphatic rings. The van der Waals surface area contributed by atoms with Gasteiger partial charge in [-0.05, 0) is 24.3 Å². The van der Waals surface area contributed by atoms with Crippen LogP contribution in [0, 0.1) is 0 Å². The summed E-state index contributed by atoms with van der Waals surface area (Å²) in [6.45, 7) is 0. The van der Waals surface area contributed by atoms with E-state index in [-0.39, 0.29) is 28.3 Å². The van der Waals surface area contributed by atoms with Crippen LogP contribution >= 0.6 is 0 Å². The topological polar surface area (TPSA) is 214 Å². The molecule has 0 saturated heterocycles. The van der Waals surface area contributed by atoms with Crippen LogP contribution in [0.15, 0.2) is 29.2 Å². The first-order valence-electron chi connectivity index (χ1n) is 5.48. The van der Waals surface area contributed by atoms with Crippen LogP contribution in [0.2, 0.25) is 0 Å². The van der Waals surface area contributed by atoms with E-state index in [9.17, 15) is 13.2 Å². The van der Waals surface area contributed by atoms with Crippen molar-refractivity contribution in [3.05, 3.63) is 29.8 Å². The maximum absolute atomic E-state index is 10.7. The number of carbonyl (C=O) groups is 1. The first kappa shape index (κ1) is 17.1. The number of nitrogens with zero attached hydrogens (tertiary/aromatic N) is 3. The lowest BCUT2D eigenvalue weighted by Gasteiger charge is -1.97. The van der Waals surface area contributed by atoms with E-state index < -0.39 is 16.0 Å². The Hall–Kier alpha value is -2.99. The molecule has 9 N–H and O–H groups in total. The second-order valence-corrected chi connectivity index (χ2v) is 5.35. The molecule has 0 bridgehead atoms. The van der Waals surface area contributed by atoms with Gasteiger partial charge >= 0.3 is 5.97 Å². The minimum absolute atomic E-state index is 0.0207. The highest BCUT2D eigenvalue weighted by molar-refractivity contribution is 7.89. The Morgan fingerprint density at radius 2 is 1.27 bits per heavy atom. The third kappa shape index (κ3) is 5.18. The molecule has 118 valence electrons. The van der Waals surface area contributed by atoms with Crippen molar-refractivity contribution in [2.45, 2.75) is 4.90 Å². The summed E-state index contributed by atoms with van der Waals surface area (Å²) in [5, 5.41) is 13.3. The summed E-state index contributed by atoms with van der Waals surface area (Å²) in [4.78, 5) is 20.7. The van der Waals surface area contributed by atoms with Crippen molar-refractivity contribution in [1.29, 1.82) is 0 Å². The fourth-order valence-electron chi connectivity index (χ4n) is 1.21. The van der Waals surface area contributed by atoms with E-state index in [1.165, 1.54) is 12.1 Å². The molecule has 0 fully saturated rings. The molecular formula is C10H13N7O4S. The molecule has 0 amide bonds. The standard InChI is InChI=1S/C7H7NO4S.C3H6N6/c8-13(11,12)6-3-1-5(2-4-6)7(9)10;4-1-7-2(5)9-3(6)8-1/h1-4H,(H,9,10)(H2,8,11,12);(H6,4,5,6,7,8,9). The predicted molar refractivity (Wildman–Crippen MR) is 77.8 cm³/mol. The van der Waals surface area contributed by atoms with E-state index >= 15 is 0 Å². The molecule has 12 heteroatoms. The average Bonchev–Trinajstić information content (AvgIpc) is 2.36. The molecule has 2 aromatic rings. The zero-order valence-corrected chi connectivity index (χ0v) is 11.9. The molecule has 0 unspecified atom stereocenters. The van der Waals surface area contributed by atoms with Crippen molar-refractivity contribution in [1.82, 2.24) is 15.0 Å². The van der Waals surface area contributed by atoms with Crippen LogP contribution in [-0.4, -0.2) is 34.4 Å². The molecule has 0 saturated carbocycles. The van der Waals surface area contributed by atoms with E-state index in [1.807, 2.05) is 0 Å². The predicted octanol–water partition coefficient (Wildman–Crippen LogP) is -1.35. The first-order valence-corrected chi connectivity index (χ1v) is 7.03. The fraction of sp³-hybridized carbons (Fsp3) is 0. The molecular weight excluding hydrogens is 314 g/mol. The fourth-order valence-corrected chi connectivity index (χ4v) is 1.73. The molecule has 0 spiro atoms. The lowest BCUT2D eigenvalue weighted by atomic mass is 10.2. The third-order valence-corrected chi connectivity index (χ3v) is 3.05. The van der Waals surface area contributed by atoms with Gasteiger partial charge in [-0.25, -0.2) is 18.4 Å². The van der Waals surface area contributed by atoms with Gasteiger partial charge in [0.25, 0.3) is 0 Å². The summed E-state index contributed by atoms with van der Waals surface area (Å²) in [5.74, 6) is -0.985. The highest BCUT2D eigenvalue weighted by atomic mass is 32.2. The van der Waals surface area contributed by atoms with E-state index in [4.69, 9.17) is 27.4 Å². The smallest absolute Gasteiger partial charge is 0.335 e. The molecule has 0 aliphatic heterocycles. The summed E-state index contributed by atoms with van der Waals surface area (Å²) in [6, 6.07) is 4.67. The van der Waals surface area contributed by atoms with Gasteiger partial charge in [-0.3, -0.25) is 0 Å². The Bertz CT molecular complexity index is 726. The molecule has 22 heavy (non-hydrogen) atoms. The summed E-state index contributed by atoms with van der Waals surface area (Å²) >= 11 is 0. The second kappa shape index (κ2) is 6.64. The Labute approximate surface area is 125 Å². The number of benzene rings is 1. The van der Waals surface area contributed by atoms with Gasteiger partial charge in [0, 0.05) is 0 Å². The molecule has 0 aliphatic carbocycles. The van der Waals surface area contributed by atoms with Crippen LogP contribution in [0.4, 0.5) is 17.8 Å². The summed E-state index contributed by atoms with van der Waals surface area (Å²) in [7, 11) is -3.74. The van der Waals surface area contributed by atoms with Gasteiger partial charge < -0.3 is 22.3 Å². The number of aromatic nitrogens is 3. The van der Waals surface area contributed by atoms with Crippen LogP contribution in [0.1, 0.15) is 10.4 Å². The summed E-state index contributed by atoms with van der Waals surface area (Å²) in [5.41, 5.74) is 15.4. The van der Waals surface area contributed by atoms with Crippen molar-refractivity contribution < 1.29 is 18.3 Å². The molecule has 0 radical (unpaired) electrons. The van der Waals surface area contributed by atoms with Gasteiger partial charge in [-0.1, -0.05) is 0 Å². The molecule has 1 aromatic carbocycles. The number of rotatable bonds is 2. The summed E-state index contributed by atoms with van der Waals surface area (Å²) in [6.07, 6.45) is 0. The number of aromatic carboxylic acids is 1. The van der Waals surface area contributed by atoms with Crippen LogP contribution in [0.25, 0.3) is 0 Å². The molecule has 11 nitrogen and oxygen atoms in total. The summed E-state index contributed by atoms with van der Waals surface area (Å²) < 4.78 is 21.5. The number of nitrogens with two attached hydrogens (primary N) is 4. The molecule has 1 aromatic heterocycles. The number of anilines is 3. The van der Waals surface area contributed by atoms with Crippen molar-refractivity contribution in [2.24, 2.45) is 5.14 Å². The molecule has 0 atom stereocenters. The van der Waals surface area contributed by atoms with Crippen molar-refractivity contribution in [2.75, 3.05) is 17.2 Å². The Balaban J connectivity index is 0.000000235. The molecule has 1 heterocycles. The number of primary sulfonamides is 1. The maximum Gasteiger partial charge on any atom is 0.335 e. The Kier molecular flexibility index (Phi) is 5.15. The third-order valence-electron chi connectivity index (χ3n) is 2.12. The number of hydrogen-bond donors (Lipinski definition) is 5. The maximum atomic E-state index is 10.7. The van der Waals surface area contributed by atoms with E-state index in [2.05, 4.69) is 15.0 Å². The molecule has 2 rings (SSSR count). The van der Waals surface area contributed by atoms with Crippen LogP contribution < -0.4 is 22.3 Å². The van der Waals surface area contributed by atoms with E-state index in [1.54, 1.807) is 0 Å². The largest absolute Gasteiger partial charge is 0.478 e. The van der Waals surface area contributed by atoms with Crippen LogP contribution in [0.3, 0.4) is 0 Å². The zero-order chi connectivity index (χ0) is 16.9. The van der Waals surface area contributed by atoms with Crippen LogP contribution in [0.5, 0.6) is 0 Å². The first-order chi connectivity index (χ1) is 10.1. The SMILES string of the molecule is NS(=O)(=O)c1ccc(C(=O)O)cc1.Nc1nc(N)nc(N)n1.